The first-order chi connectivity index (χ1) is 50.0. The maximum absolute atomic E-state index is 14.6. The third-order valence-corrected chi connectivity index (χ3v) is 21.2. The molecule has 0 aliphatic carbocycles. The standard InChI is InChI=1S/C44H49N5O6S.C36H40BrN5O5/c1-45-40(50)38(27-31-13-5-3-6-14-31)48-26-25-47(28-32-15-7-4-8-16-32)29-37(44(48)54)46-41(51)39(56-30-33-20-22-34(55-2)23-21-33)19-11-12-24-49-42(52)35-17-9-10-18-36(35)43(49)53;1-38-33(44)31(22-25-12-4-2-5-13-25)41-21-20-40(23-26-14-6-3-7-15-26)24-30(36(41)47)39-32(43)29(37)18-10-11-19-42-34(45)27-16-8-9-17-28(27)35(42)46/h3-10,13-18,20-23,37-39H,11-12,19,24-30H2,1-2H3,(H,45,50)(H,46,51);2-9,12-17,29-31H,10-11,18-24H2,1H3,(H,38,44)(H,39,43)/t37?,38-,39?;29?,30?,31-/m00/s1. The molecule has 4 heterocycles. The van der Waals surface area contributed by atoms with Crippen LogP contribution in [0.25, 0.3) is 0 Å². The molecule has 4 aliphatic heterocycles. The number of amides is 10. The minimum absolute atomic E-state index is 0.247. The lowest BCUT2D eigenvalue weighted by atomic mass is 10.0. The van der Waals surface area contributed by atoms with Crippen LogP contribution in [0.1, 0.15) is 108 Å². The Labute approximate surface area is 614 Å². The number of rotatable bonds is 30. The summed E-state index contributed by atoms with van der Waals surface area (Å²) in [6, 6.07) is 57.1. The first-order valence-electron chi connectivity index (χ1n) is 35.1. The van der Waals surface area contributed by atoms with Crippen LogP contribution in [-0.4, -0.2) is 196 Å². The molecule has 0 spiro atoms. The van der Waals surface area contributed by atoms with Crippen molar-refractivity contribution in [1.29, 1.82) is 0 Å². The highest BCUT2D eigenvalue weighted by Gasteiger charge is 2.42. The lowest BCUT2D eigenvalue weighted by Crippen LogP contribution is -2.57. The second kappa shape index (κ2) is 37.4. The van der Waals surface area contributed by atoms with Gasteiger partial charge in [0.15, 0.2) is 0 Å². The zero-order valence-electron chi connectivity index (χ0n) is 58.3. The molecule has 2 saturated heterocycles. The minimum Gasteiger partial charge on any atom is -0.497 e. The Kier molecular flexibility index (Phi) is 27.5. The Morgan fingerprint density at radius 3 is 1.20 bits per heavy atom. The van der Waals surface area contributed by atoms with Gasteiger partial charge in [0.1, 0.15) is 29.9 Å². The van der Waals surface area contributed by atoms with E-state index in [0.717, 1.165) is 33.6 Å². The molecule has 0 bridgehead atoms. The van der Waals surface area contributed by atoms with Crippen molar-refractivity contribution < 1.29 is 52.7 Å². The van der Waals surface area contributed by atoms with Crippen LogP contribution in [0.5, 0.6) is 5.75 Å². The molecule has 7 aromatic carbocycles. The van der Waals surface area contributed by atoms with Gasteiger partial charge in [0.05, 0.1) is 39.4 Å². The van der Waals surface area contributed by atoms with Crippen LogP contribution in [0.2, 0.25) is 0 Å². The molecule has 103 heavy (non-hydrogen) atoms. The van der Waals surface area contributed by atoms with Crippen LogP contribution in [0.15, 0.2) is 194 Å². The molecule has 4 N–H and O–H groups in total. The number of likely N-dealkylation sites (N-methyl/N-ethyl adjacent to an activating group) is 2. The number of unbranched alkanes of at least 4 members (excludes halogenated alkanes) is 2. The third-order valence-electron chi connectivity index (χ3n) is 19.0. The van der Waals surface area contributed by atoms with E-state index < -0.39 is 34.2 Å². The number of benzene rings is 7. The monoisotopic (exact) mass is 1480 g/mol. The van der Waals surface area contributed by atoms with Crippen molar-refractivity contribution in [2.75, 3.05) is 73.6 Å². The number of hydrogen-bond donors (Lipinski definition) is 4. The summed E-state index contributed by atoms with van der Waals surface area (Å²) in [5.74, 6) is -1.65. The summed E-state index contributed by atoms with van der Waals surface area (Å²) in [4.78, 5) is 144. The van der Waals surface area contributed by atoms with Crippen LogP contribution in [0.3, 0.4) is 0 Å². The fourth-order valence-corrected chi connectivity index (χ4v) is 15.0. The van der Waals surface area contributed by atoms with Crippen molar-refractivity contribution in [1.82, 2.24) is 50.7 Å². The maximum atomic E-state index is 14.6. The van der Waals surface area contributed by atoms with E-state index in [1.54, 1.807) is 79.5 Å². The Morgan fingerprint density at radius 1 is 0.447 bits per heavy atom. The van der Waals surface area contributed by atoms with Crippen LogP contribution in [0.4, 0.5) is 0 Å². The lowest BCUT2D eigenvalue weighted by Gasteiger charge is -2.32. The number of hydrogen-bond acceptors (Lipinski definition) is 14. The van der Waals surface area contributed by atoms with Gasteiger partial charge in [-0.1, -0.05) is 186 Å². The molecule has 7 aromatic rings. The zero-order valence-corrected chi connectivity index (χ0v) is 60.7. The summed E-state index contributed by atoms with van der Waals surface area (Å²) in [7, 11) is 4.75. The van der Waals surface area contributed by atoms with Crippen LogP contribution < -0.4 is 26.0 Å². The summed E-state index contributed by atoms with van der Waals surface area (Å²) in [6.07, 6.45) is 3.80. The highest BCUT2D eigenvalue weighted by atomic mass is 79.9. The quantitative estimate of drug-likeness (QED) is 0.0188. The Balaban J connectivity index is 0.000000225. The first-order valence-corrected chi connectivity index (χ1v) is 37.0. The molecule has 0 radical (unpaired) electrons. The molecule has 21 nitrogen and oxygen atoms in total. The molecular formula is C80H89BrN10O11S. The molecule has 0 aromatic heterocycles. The smallest absolute Gasteiger partial charge is 0.261 e. The van der Waals surface area contributed by atoms with Crippen molar-refractivity contribution in [3.63, 3.8) is 0 Å². The Bertz CT molecular complexity index is 4020. The molecule has 11 rings (SSSR count). The van der Waals surface area contributed by atoms with E-state index in [1.807, 2.05) is 146 Å². The largest absolute Gasteiger partial charge is 0.497 e. The molecule has 2 fully saturated rings. The topological polar surface area (TPSA) is 247 Å². The second-order valence-electron chi connectivity index (χ2n) is 26.0. The van der Waals surface area contributed by atoms with Gasteiger partial charge < -0.3 is 35.8 Å². The van der Waals surface area contributed by atoms with E-state index in [4.69, 9.17) is 4.74 Å². The molecule has 23 heteroatoms. The van der Waals surface area contributed by atoms with E-state index in [2.05, 4.69) is 47.0 Å². The minimum atomic E-state index is -0.904. The van der Waals surface area contributed by atoms with Gasteiger partial charge in [0.25, 0.3) is 23.6 Å². The van der Waals surface area contributed by atoms with E-state index in [0.29, 0.717) is 125 Å². The van der Waals surface area contributed by atoms with Crippen LogP contribution in [-0.2, 0) is 60.5 Å². The number of alkyl halides is 1. The Morgan fingerprint density at radius 2 is 0.816 bits per heavy atom. The van der Waals surface area contributed by atoms with Gasteiger partial charge in [-0.3, -0.25) is 67.5 Å². The summed E-state index contributed by atoms with van der Waals surface area (Å²) in [5.41, 5.74) is 6.70. The Hall–Kier alpha value is -9.81. The summed E-state index contributed by atoms with van der Waals surface area (Å²) in [5, 5.41) is 11.0. The fraction of sp³-hybridized carbons (Fsp3) is 0.350. The highest BCUT2D eigenvalue weighted by Crippen LogP contribution is 2.29. The van der Waals surface area contributed by atoms with Gasteiger partial charge in [0.2, 0.25) is 35.4 Å². The molecule has 4 aliphatic rings. The first kappa shape index (κ1) is 75.8. The number of imide groups is 2. The van der Waals surface area contributed by atoms with E-state index in [-0.39, 0.29) is 78.7 Å². The van der Waals surface area contributed by atoms with Crippen LogP contribution in [0, 0.1) is 0 Å². The highest BCUT2D eigenvalue weighted by molar-refractivity contribution is 9.10. The van der Waals surface area contributed by atoms with Gasteiger partial charge in [-0.05, 0) is 89.9 Å². The molecule has 6 atom stereocenters. The molecule has 4 unspecified atom stereocenters. The van der Waals surface area contributed by atoms with Crippen molar-refractivity contribution in [3.05, 3.63) is 244 Å². The average Bonchev–Trinajstić information content (AvgIpc) is 1.67. The molecule has 0 saturated carbocycles. The second-order valence-corrected chi connectivity index (χ2v) is 28.3. The van der Waals surface area contributed by atoms with E-state index >= 15 is 0 Å². The summed E-state index contributed by atoms with van der Waals surface area (Å²) in [6.45, 7) is 3.94. The lowest BCUT2D eigenvalue weighted by molar-refractivity contribution is -0.142. The van der Waals surface area contributed by atoms with Gasteiger partial charge in [-0.15, -0.1) is 11.8 Å². The number of thioether (sulfide) groups is 1. The normalized spacial score (nSPS) is 17.4. The number of ether oxygens (including phenoxy) is 1. The van der Waals surface area contributed by atoms with Crippen molar-refractivity contribution in [2.45, 2.75) is 104 Å². The van der Waals surface area contributed by atoms with Gasteiger partial charge >= 0.3 is 0 Å². The maximum Gasteiger partial charge on any atom is 0.261 e. The number of methoxy groups -OCH3 is 1. The van der Waals surface area contributed by atoms with Crippen molar-refractivity contribution in [2.24, 2.45) is 0 Å². The number of nitrogens with zero attached hydrogens (tertiary/aromatic N) is 6. The number of fused-ring (bicyclic) bond motifs is 2. The van der Waals surface area contributed by atoms with Crippen molar-refractivity contribution in [3.8, 4) is 5.75 Å². The fourth-order valence-electron chi connectivity index (χ4n) is 13.4. The zero-order chi connectivity index (χ0) is 72.8. The SMILES string of the molecule is CNC(=O)[C@H](Cc1ccccc1)N1CCN(Cc2ccccc2)CC(NC(=O)C(Br)CCCCN2C(=O)c3ccccc3C2=O)C1=O.CNC(=O)[C@H](Cc1ccccc1)N1CCN(Cc2ccccc2)CC(NC(=O)C(CCCCN2C(=O)c3ccccc3C2=O)SCc2ccc(OC)cc2)C1=O. The number of nitrogens with one attached hydrogen (secondary N) is 4. The predicted molar refractivity (Wildman–Crippen MR) is 399 cm³/mol. The molecule has 538 valence electrons. The van der Waals surface area contributed by atoms with Crippen molar-refractivity contribution >= 4 is 86.8 Å². The molecule has 10 amide bonds. The average molecular weight is 1480 g/mol. The number of carbonyl (C=O) groups is 10. The summed E-state index contributed by atoms with van der Waals surface area (Å²) >= 11 is 4.98. The molecular weight excluding hydrogens is 1390 g/mol. The third kappa shape index (κ3) is 20.1. The van der Waals surface area contributed by atoms with E-state index in [9.17, 15) is 47.9 Å². The predicted octanol–water partition coefficient (Wildman–Crippen LogP) is 8.35. The number of halogens is 1. The van der Waals surface area contributed by atoms with Gasteiger partial charge in [-0.25, -0.2) is 0 Å². The van der Waals surface area contributed by atoms with Gasteiger partial charge in [-0.2, -0.15) is 0 Å². The van der Waals surface area contributed by atoms with E-state index in [1.165, 1.54) is 21.6 Å². The van der Waals surface area contributed by atoms with Crippen LogP contribution >= 0.6 is 27.7 Å². The number of carbonyl (C=O) groups excluding carboxylic acids is 10. The van der Waals surface area contributed by atoms with Gasteiger partial charge in [0, 0.05) is 98.1 Å². The summed E-state index contributed by atoms with van der Waals surface area (Å²) < 4.78 is 5.32.